The highest BCUT2D eigenvalue weighted by molar-refractivity contribution is 6.67. The maximum Gasteiger partial charge on any atom is 0.297 e. The smallest absolute Gasteiger partial charge is 0.297 e. The molecule has 2 aromatic rings. The number of anilines is 1. The Balaban J connectivity index is 1.83. The standard InChI is InChI=1S/C23H30N8O4/c1-4-18(30-35)19(24)22(33)28-20(15-7-5-13(2)6-8-15)23(34)27-16-11-26-31(12-16)14(3)17-9-10-25-29-21(17)32/h9-15,24,35H,4-8H2,1-3H3,(H,27,34)(H,29,32)/b24-19?,28-20?,30-18-. The zero-order valence-corrected chi connectivity index (χ0v) is 20.0. The van der Waals surface area contributed by atoms with Gasteiger partial charge in [-0.15, -0.1) is 0 Å². The molecule has 0 spiro atoms. The van der Waals surface area contributed by atoms with E-state index in [0.717, 1.165) is 12.8 Å². The number of oxime groups is 1. The van der Waals surface area contributed by atoms with Crippen LogP contribution >= 0.6 is 0 Å². The summed E-state index contributed by atoms with van der Waals surface area (Å²) in [7, 11) is 0. The summed E-state index contributed by atoms with van der Waals surface area (Å²) in [5.74, 6) is -1.19. The van der Waals surface area contributed by atoms with E-state index >= 15 is 0 Å². The molecule has 2 aromatic heterocycles. The zero-order chi connectivity index (χ0) is 25.5. The lowest BCUT2D eigenvalue weighted by atomic mass is 9.80. The van der Waals surface area contributed by atoms with E-state index in [1.165, 1.54) is 17.1 Å². The number of aromatic amines is 1. The van der Waals surface area contributed by atoms with Crippen LogP contribution < -0.4 is 10.9 Å². The van der Waals surface area contributed by atoms with Crippen LogP contribution in [0, 0.1) is 17.2 Å². The molecule has 1 unspecified atom stereocenters. The molecule has 186 valence electrons. The molecule has 12 nitrogen and oxygen atoms in total. The fourth-order valence-corrected chi connectivity index (χ4v) is 4.08. The Morgan fingerprint density at radius 1 is 1.34 bits per heavy atom. The summed E-state index contributed by atoms with van der Waals surface area (Å²) in [5.41, 5.74) is -0.100. The number of nitrogens with one attached hydrogen (secondary N) is 3. The third-order valence-electron chi connectivity index (χ3n) is 6.28. The molecule has 0 radical (unpaired) electrons. The van der Waals surface area contributed by atoms with E-state index in [0.29, 0.717) is 30.0 Å². The second-order valence-electron chi connectivity index (χ2n) is 8.71. The van der Waals surface area contributed by atoms with Gasteiger partial charge < -0.3 is 10.5 Å². The molecule has 2 heterocycles. The summed E-state index contributed by atoms with van der Waals surface area (Å²) in [5, 5.41) is 33.1. The zero-order valence-electron chi connectivity index (χ0n) is 20.0. The lowest BCUT2D eigenvalue weighted by Gasteiger charge is -2.26. The Bertz CT molecular complexity index is 1200. The van der Waals surface area contributed by atoms with Crippen molar-refractivity contribution >= 4 is 34.6 Å². The highest BCUT2D eigenvalue weighted by Gasteiger charge is 2.29. The molecule has 12 heteroatoms. The molecule has 0 bridgehead atoms. The van der Waals surface area contributed by atoms with Crippen LogP contribution in [0.25, 0.3) is 0 Å². The van der Waals surface area contributed by atoms with Crippen molar-refractivity contribution in [2.75, 3.05) is 5.32 Å². The molecule has 2 amide bonds. The van der Waals surface area contributed by atoms with Gasteiger partial charge in [-0.2, -0.15) is 10.2 Å². The number of aromatic nitrogens is 4. The largest absolute Gasteiger partial charge is 0.411 e. The van der Waals surface area contributed by atoms with Gasteiger partial charge in [-0.25, -0.2) is 10.1 Å². The third-order valence-corrected chi connectivity index (χ3v) is 6.28. The van der Waals surface area contributed by atoms with Crippen LogP contribution in [0.5, 0.6) is 0 Å². The molecule has 0 aliphatic heterocycles. The summed E-state index contributed by atoms with van der Waals surface area (Å²) < 4.78 is 1.53. The van der Waals surface area contributed by atoms with Gasteiger partial charge in [0.05, 0.1) is 17.9 Å². The molecule has 1 atom stereocenters. The van der Waals surface area contributed by atoms with Crippen molar-refractivity contribution in [1.82, 2.24) is 20.0 Å². The molecule has 35 heavy (non-hydrogen) atoms. The number of hydrogen-bond donors (Lipinski definition) is 4. The molecule has 0 aromatic carbocycles. The van der Waals surface area contributed by atoms with Crippen LogP contribution in [0.4, 0.5) is 5.69 Å². The Hall–Kier alpha value is -3.96. The Labute approximate surface area is 202 Å². The van der Waals surface area contributed by atoms with Gasteiger partial charge in [0.1, 0.15) is 17.1 Å². The molecule has 4 N–H and O–H groups in total. The lowest BCUT2D eigenvalue weighted by Crippen LogP contribution is -2.34. The first-order chi connectivity index (χ1) is 16.7. The summed E-state index contributed by atoms with van der Waals surface area (Å²) in [6.07, 6.45) is 7.88. The van der Waals surface area contributed by atoms with Crippen LogP contribution in [-0.4, -0.2) is 54.1 Å². The third kappa shape index (κ3) is 6.14. The van der Waals surface area contributed by atoms with Crippen molar-refractivity contribution in [3.63, 3.8) is 0 Å². The maximum atomic E-state index is 13.2. The molecule has 1 aliphatic carbocycles. The SMILES string of the molecule is CC/C(=N/O)C(=N)C(=O)N=C(C(=O)Nc1cnn(C(C)c2ccn[nH]c2=O)c1)C1CCC(C)CC1. The normalized spacial score (nSPS) is 19.7. The van der Waals surface area contributed by atoms with E-state index in [1.54, 1.807) is 26.1 Å². The second kappa shape index (κ2) is 11.4. The molecule has 0 saturated heterocycles. The molecule has 1 aliphatic rings. The first-order valence-corrected chi connectivity index (χ1v) is 11.6. The first kappa shape index (κ1) is 25.7. The average molecular weight is 483 g/mol. The predicted molar refractivity (Wildman–Crippen MR) is 130 cm³/mol. The van der Waals surface area contributed by atoms with E-state index in [1.807, 2.05) is 0 Å². The number of amides is 2. The summed E-state index contributed by atoms with van der Waals surface area (Å²) in [6, 6.07) is 1.19. The molecular formula is C23H30N8O4. The topological polar surface area (TPSA) is 179 Å². The van der Waals surface area contributed by atoms with Gasteiger partial charge >= 0.3 is 0 Å². The summed E-state index contributed by atoms with van der Waals surface area (Å²) in [6.45, 7) is 5.58. The summed E-state index contributed by atoms with van der Waals surface area (Å²) in [4.78, 5) is 41.9. The second-order valence-corrected chi connectivity index (χ2v) is 8.71. The summed E-state index contributed by atoms with van der Waals surface area (Å²) >= 11 is 0. The lowest BCUT2D eigenvalue weighted by molar-refractivity contribution is -0.113. The number of carbonyl (C=O) groups excluding carboxylic acids is 2. The van der Waals surface area contributed by atoms with Crippen LogP contribution in [0.3, 0.4) is 0 Å². The van der Waals surface area contributed by atoms with Crippen molar-refractivity contribution in [1.29, 1.82) is 5.41 Å². The van der Waals surface area contributed by atoms with Gasteiger partial charge in [0.25, 0.3) is 17.4 Å². The predicted octanol–water partition coefficient (Wildman–Crippen LogP) is 2.57. The average Bonchev–Trinajstić information content (AvgIpc) is 3.32. The molecule has 3 rings (SSSR count). The van der Waals surface area contributed by atoms with Gasteiger partial charge in [0.2, 0.25) is 0 Å². The number of carbonyl (C=O) groups is 2. The Morgan fingerprint density at radius 3 is 2.69 bits per heavy atom. The number of aliphatic imine (C=N–C) groups is 1. The minimum absolute atomic E-state index is 0.0476. The monoisotopic (exact) mass is 482 g/mol. The maximum absolute atomic E-state index is 13.2. The molecule has 1 fully saturated rings. The quantitative estimate of drug-likeness (QED) is 0.255. The van der Waals surface area contributed by atoms with Crippen molar-refractivity contribution in [3.8, 4) is 0 Å². The fourth-order valence-electron chi connectivity index (χ4n) is 4.08. The van der Waals surface area contributed by atoms with E-state index in [2.05, 4.69) is 37.7 Å². The van der Waals surface area contributed by atoms with E-state index in [9.17, 15) is 14.4 Å². The van der Waals surface area contributed by atoms with Crippen LogP contribution in [-0.2, 0) is 9.59 Å². The van der Waals surface area contributed by atoms with Crippen molar-refractivity contribution in [2.24, 2.45) is 22.0 Å². The van der Waals surface area contributed by atoms with E-state index in [-0.39, 0.29) is 29.3 Å². The Kier molecular flexibility index (Phi) is 8.39. The van der Waals surface area contributed by atoms with Gasteiger partial charge in [-0.3, -0.25) is 24.5 Å². The van der Waals surface area contributed by atoms with Gasteiger partial charge in [0.15, 0.2) is 0 Å². The fraction of sp³-hybridized carbons (Fsp3) is 0.478. The number of H-pyrrole nitrogens is 1. The minimum Gasteiger partial charge on any atom is -0.411 e. The van der Waals surface area contributed by atoms with Crippen LogP contribution in [0.2, 0.25) is 0 Å². The van der Waals surface area contributed by atoms with Crippen molar-refractivity contribution in [3.05, 3.63) is 40.6 Å². The first-order valence-electron chi connectivity index (χ1n) is 11.6. The van der Waals surface area contributed by atoms with Crippen LogP contribution in [0.15, 0.2) is 39.6 Å². The van der Waals surface area contributed by atoms with Gasteiger partial charge in [-0.1, -0.05) is 31.8 Å². The Morgan fingerprint density at radius 2 is 2.06 bits per heavy atom. The molecular weight excluding hydrogens is 452 g/mol. The highest BCUT2D eigenvalue weighted by Crippen LogP contribution is 2.30. The van der Waals surface area contributed by atoms with Gasteiger partial charge in [-0.05, 0) is 38.2 Å². The number of hydrogen-bond acceptors (Lipinski definition) is 8. The van der Waals surface area contributed by atoms with Gasteiger partial charge in [0, 0.05) is 23.9 Å². The molecule has 1 saturated carbocycles. The minimum atomic E-state index is -0.926. The number of nitrogens with zero attached hydrogens (tertiary/aromatic N) is 5. The van der Waals surface area contributed by atoms with Crippen molar-refractivity contribution in [2.45, 2.75) is 58.9 Å². The van der Waals surface area contributed by atoms with E-state index in [4.69, 9.17) is 10.6 Å². The van der Waals surface area contributed by atoms with Crippen LogP contribution in [0.1, 0.15) is 64.5 Å². The van der Waals surface area contributed by atoms with Crippen molar-refractivity contribution < 1.29 is 14.8 Å². The number of rotatable bonds is 8. The highest BCUT2D eigenvalue weighted by atomic mass is 16.4. The van der Waals surface area contributed by atoms with E-state index < -0.39 is 23.6 Å².